The molecular weight excluding hydrogens is 422 g/mol. The van der Waals surface area contributed by atoms with Crippen molar-refractivity contribution in [1.82, 2.24) is 5.32 Å². The number of carbonyl (C=O) groups is 1. The van der Waals surface area contributed by atoms with Crippen LogP contribution in [0.2, 0.25) is 0 Å². The predicted octanol–water partition coefficient (Wildman–Crippen LogP) is 4.48. The van der Waals surface area contributed by atoms with E-state index in [1.165, 1.54) is 24.3 Å². The highest BCUT2D eigenvalue weighted by atomic mass is 19.4. The third-order valence-corrected chi connectivity index (χ3v) is 6.25. The van der Waals surface area contributed by atoms with Crippen LogP contribution in [0.5, 0.6) is 0 Å². The molecule has 32 heavy (non-hydrogen) atoms. The lowest BCUT2D eigenvalue weighted by Crippen LogP contribution is -2.61. The number of carbonyl (C=O) groups excluding carboxylic acids is 1. The predicted molar refractivity (Wildman–Crippen MR) is 116 cm³/mol. The largest absolute Gasteiger partial charge is 0.416 e. The van der Waals surface area contributed by atoms with E-state index in [1.807, 2.05) is 13.8 Å². The number of alkyl halides is 3. The van der Waals surface area contributed by atoms with Crippen LogP contribution in [0.25, 0.3) is 0 Å². The molecule has 2 aromatic rings. The van der Waals surface area contributed by atoms with E-state index < -0.39 is 17.7 Å². The zero-order chi connectivity index (χ0) is 23.0. The minimum atomic E-state index is -4.43. The lowest BCUT2D eigenvalue weighted by molar-refractivity contribution is -0.137. The zero-order valence-corrected chi connectivity index (χ0v) is 18.1. The molecule has 0 spiro atoms. The van der Waals surface area contributed by atoms with E-state index in [-0.39, 0.29) is 30.1 Å². The summed E-state index contributed by atoms with van der Waals surface area (Å²) in [5, 5.41) is 2.97. The average molecular weight is 449 g/mol. The molecule has 0 radical (unpaired) electrons. The zero-order valence-electron chi connectivity index (χ0n) is 18.1. The SMILES string of the molecule is CC(C)CNC(=O)[C@@H]1Cc2cc(C(F)(F)F)ccc2N2CCN(c3ccc(F)cc3)C[C@@H]12. The summed E-state index contributed by atoms with van der Waals surface area (Å²) in [5.41, 5.74) is 1.48. The Morgan fingerprint density at radius 2 is 1.84 bits per heavy atom. The van der Waals surface area contributed by atoms with Crippen LogP contribution in [0.1, 0.15) is 25.0 Å². The molecule has 0 unspecified atom stereocenters. The van der Waals surface area contributed by atoms with E-state index in [2.05, 4.69) is 15.1 Å². The standard InChI is InChI=1S/C24H27F4N3O/c1-15(2)13-29-23(32)20-12-16-11-17(24(26,27)28)3-8-21(16)31-10-9-30(14-22(20)31)19-6-4-18(25)5-7-19/h3-8,11,15,20,22H,9-10,12-14H2,1-2H3,(H,29,32)/t20-,22+/m1/s1. The number of amides is 1. The van der Waals surface area contributed by atoms with Gasteiger partial charge in [-0.25, -0.2) is 4.39 Å². The molecule has 1 fully saturated rings. The van der Waals surface area contributed by atoms with E-state index >= 15 is 0 Å². The smallest absolute Gasteiger partial charge is 0.368 e. The fraction of sp³-hybridized carbons (Fsp3) is 0.458. The van der Waals surface area contributed by atoms with E-state index in [0.717, 1.165) is 17.4 Å². The van der Waals surface area contributed by atoms with Gasteiger partial charge in [-0.1, -0.05) is 13.8 Å². The third kappa shape index (κ3) is 4.54. The molecular formula is C24H27F4N3O. The highest BCUT2D eigenvalue weighted by Gasteiger charge is 2.42. The molecule has 1 saturated heterocycles. The van der Waals surface area contributed by atoms with Gasteiger partial charge in [0.2, 0.25) is 5.91 Å². The second kappa shape index (κ2) is 8.64. The number of fused-ring (bicyclic) bond motifs is 3. The van der Waals surface area contributed by atoms with Crippen LogP contribution < -0.4 is 15.1 Å². The number of nitrogens with zero attached hydrogens (tertiary/aromatic N) is 2. The van der Waals surface area contributed by atoms with Crippen molar-refractivity contribution in [2.75, 3.05) is 36.0 Å². The molecule has 2 aromatic carbocycles. The van der Waals surface area contributed by atoms with Crippen molar-refractivity contribution < 1.29 is 22.4 Å². The van der Waals surface area contributed by atoms with Gasteiger partial charge in [0.25, 0.3) is 0 Å². The molecule has 0 aromatic heterocycles. The van der Waals surface area contributed by atoms with Gasteiger partial charge in [0.1, 0.15) is 5.82 Å². The van der Waals surface area contributed by atoms with Gasteiger partial charge in [0, 0.05) is 37.6 Å². The van der Waals surface area contributed by atoms with E-state index in [1.54, 1.807) is 12.1 Å². The molecule has 2 atom stereocenters. The molecule has 2 heterocycles. The first-order valence-corrected chi connectivity index (χ1v) is 10.9. The third-order valence-electron chi connectivity index (χ3n) is 6.25. The van der Waals surface area contributed by atoms with Crippen molar-refractivity contribution in [3.63, 3.8) is 0 Å². The number of hydrogen-bond donors (Lipinski definition) is 1. The Morgan fingerprint density at radius 1 is 1.12 bits per heavy atom. The van der Waals surface area contributed by atoms with Gasteiger partial charge in [-0.05, 0) is 60.4 Å². The highest BCUT2D eigenvalue weighted by Crippen LogP contribution is 2.40. The number of hydrogen-bond acceptors (Lipinski definition) is 3. The number of nitrogens with one attached hydrogen (secondary N) is 1. The van der Waals surface area contributed by atoms with Crippen LogP contribution >= 0.6 is 0 Å². The molecule has 4 rings (SSSR count). The maximum Gasteiger partial charge on any atom is 0.416 e. The topological polar surface area (TPSA) is 35.6 Å². The minimum absolute atomic E-state index is 0.141. The van der Waals surface area contributed by atoms with E-state index in [0.29, 0.717) is 31.7 Å². The van der Waals surface area contributed by atoms with Gasteiger partial charge in [0.15, 0.2) is 0 Å². The number of piperazine rings is 1. The molecule has 2 aliphatic heterocycles. The van der Waals surface area contributed by atoms with E-state index in [4.69, 9.17) is 0 Å². The maximum absolute atomic E-state index is 13.4. The summed E-state index contributed by atoms with van der Waals surface area (Å²) in [5.74, 6) is -0.666. The molecule has 0 aliphatic carbocycles. The van der Waals surface area contributed by atoms with Crippen molar-refractivity contribution in [2.24, 2.45) is 11.8 Å². The summed E-state index contributed by atoms with van der Waals surface area (Å²) in [6.07, 6.45) is -4.18. The second-order valence-corrected chi connectivity index (χ2v) is 8.97. The van der Waals surface area contributed by atoms with Gasteiger partial charge in [0.05, 0.1) is 17.5 Å². The first-order valence-electron chi connectivity index (χ1n) is 10.9. The average Bonchev–Trinajstić information content (AvgIpc) is 2.76. The Labute approximate surface area is 185 Å². The first kappa shape index (κ1) is 22.4. The lowest BCUT2D eigenvalue weighted by atomic mass is 9.82. The van der Waals surface area contributed by atoms with Gasteiger partial charge in [-0.15, -0.1) is 0 Å². The summed E-state index contributed by atoms with van der Waals surface area (Å²) < 4.78 is 53.3. The molecule has 1 N–H and O–H groups in total. The van der Waals surface area contributed by atoms with Gasteiger partial charge < -0.3 is 15.1 Å². The van der Waals surface area contributed by atoms with Gasteiger partial charge >= 0.3 is 6.18 Å². The van der Waals surface area contributed by atoms with Crippen LogP contribution in [0.3, 0.4) is 0 Å². The molecule has 2 aliphatic rings. The van der Waals surface area contributed by atoms with Gasteiger partial charge in [-0.3, -0.25) is 4.79 Å². The Morgan fingerprint density at radius 3 is 2.50 bits per heavy atom. The van der Waals surface area contributed by atoms with Crippen molar-refractivity contribution >= 4 is 17.3 Å². The lowest BCUT2D eigenvalue weighted by Gasteiger charge is -2.49. The summed E-state index contributed by atoms with van der Waals surface area (Å²) in [6, 6.07) is 9.87. The molecule has 4 nitrogen and oxygen atoms in total. The van der Waals surface area contributed by atoms with Gasteiger partial charge in [-0.2, -0.15) is 13.2 Å². The first-order chi connectivity index (χ1) is 15.1. The number of anilines is 2. The molecule has 0 bridgehead atoms. The fourth-order valence-corrected chi connectivity index (χ4v) is 4.62. The van der Waals surface area contributed by atoms with Crippen LogP contribution in [0, 0.1) is 17.7 Å². The maximum atomic E-state index is 13.4. The van der Waals surface area contributed by atoms with Crippen molar-refractivity contribution in [1.29, 1.82) is 0 Å². The summed E-state index contributed by atoms with van der Waals surface area (Å²) in [6.45, 7) is 6.23. The number of rotatable bonds is 4. The van der Waals surface area contributed by atoms with Crippen molar-refractivity contribution in [2.45, 2.75) is 32.5 Å². The second-order valence-electron chi connectivity index (χ2n) is 8.97. The normalized spacial score (nSPS) is 20.7. The van der Waals surface area contributed by atoms with Crippen LogP contribution in [-0.2, 0) is 17.4 Å². The molecule has 0 saturated carbocycles. The van der Waals surface area contributed by atoms with Crippen LogP contribution in [0.15, 0.2) is 42.5 Å². The summed E-state index contributed by atoms with van der Waals surface area (Å²) in [7, 11) is 0. The van der Waals surface area contributed by atoms with Crippen LogP contribution in [0.4, 0.5) is 28.9 Å². The Balaban J connectivity index is 1.66. The van der Waals surface area contributed by atoms with Crippen molar-refractivity contribution in [3.05, 3.63) is 59.4 Å². The summed E-state index contributed by atoms with van der Waals surface area (Å²) in [4.78, 5) is 17.3. The Kier molecular flexibility index (Phi) is 6.05. The minimum Gasteiger partial charge on any atom is -0.368 e. The molecule has 1 amide bonds. The highest BCUT2D eigenvalue weighted by molar-refractivity contribution is 5.82. The number of benzene rings is 2. The summed E-state index contributed by atoms with van der Waals surface area (Å²) >= 11 is 0. The quantitative estimate of drug-likeness (QED) is 0.699. The Bertz CT molecular complexity index is 974. The molecule has 172 valence electrons. The number of halogens is 4. The molecule has 8 heteroatoms. The fourth-order valence-electron chi connectivity index (χ4n) is 4.62. The van der Waals surface area contributed by atoms with E-state index in [9.17, 15) is 22.4 Å². The van der Waals surface area contributed by atoms with Crippen molar-refractivity contribution in [3.8, 4) is 0 Å². The van der Waals surface area contributed by atoms with Crippen LogP contribution in [-0.4, -0.2) is 38.1 Å². The Hall–Kier alpha value is -2.77. The monoisotopic (exact) mass is 449 g/mol.